The first-order valence-electron chi connectivity index (χ1n) is 5.14. The van der Waals surface area contributed by atoms with Crippen LogP contribution in [0.1, 0.15) is 33.1 Å². The summed E-state index contributed by atoms with van der Waals surface area (Å²) in [5.74, 6) is 0.892. The van der Waals surface area contributed by atoms with E-state index in [-0.39, 0.29) is 0 Å². The monoisotopic (exact) mass is 171 g/mol. The summed E-state index contributed by atoms with van der Waals surface area (Å²) in [4.78, 5) is 0. The summed E-state index contributed by atoms with van der Waals surface area (Å²) in [6.45, 7) is 7.33. The Balaban J connectivity index is 1.83. The number of nitrogens with one attached hydrogen (secondary N) is 1. The first-order valence-corrected chi connectivity index (χ1v) is 5.14. The standard InChI is InChI=1S/C10H21NO/c1-3-6-11-9(2)7-12-8-10-4-5-10/h9-11H,3-8H2,1-2H3. The highest BCUT2D eigenvalue weighted by Gasteiger charge is 2.21. The highest BCUT2D eigenvalue weighted by molar-refractivity contribution is 4.72. The van der Waals surface area contributed by atoms with Gasteiger partial charge in [0.25, 0.3) is 0 Å². The van der Waals surface area contributed by atoms with Crippen LogP contribution in [-0.4, -0.2) is 25.8 Å². The molecular weight excluding hydrogens is 150 g/mol. The molecule has 1 unspecified atom stereocenters. The van der Waals surface area contributed by atoms with Gasteiger partial charge in [-0.2, -0.15) is 0 Å². The van der Waals surface area contributed by atoms with Crippen molar-refractivity contribution in [3.8, 4) is 0 Å². The molecule has 1 saturated carbocycles. The lowest BCUT2D eigenvalue weighted by Gasteiger charge is -2.12. The van der Waals surface area contributed by atoms with Crippen molar-refractivity contribution in [3.05, 3.63) is 0 Å². The Morgan fingerprint density at radius 2 is 2.25 bits per heavy atom. The molecule has 0 aromatic heterocycles. The Bertz CT molecular complexity index is 112. The first kappa shape index (κ1) is 10.0. The van der Waals surface area contributed by atoms with E-state index < -0.39 is 0 Å². The van der Waals surface area contributed by atoms with E-state index in [2.05, 4.69) is 19.2 Å². The summed E-state index contributed by atoms with van der Waals surface area (Å²) in [6, 6.07) is 0.517. The smallest absolute Gasteiger partial charge is 0.0617 e. The van der Waals surface area contributed by atoms with Gasteiger partial charge in [0, 0.05) is 12.6 Å². The molecule has 0 heterocycles. The van der Waals surface area contributed by atoms with E-state index in [1.54, 1.807) is 0 Å². The van der Waals surface area contributed by atoms with Crippen molar-refractivity contribution in [1.82, 2.24) is 5.32 Å². The van der Waals surface area contributed by atoms with Crippen LogP contribution < -0.4 is 5.32 Å². The van der Waals surface area contributed by atoms with Crippen molar-refractivity contribution in [2.24, 2.45) is 5.92 Å². The largest absolute Gasteiger partial charge is 0.380 e. The van der Waals surface area contributed by atoms with E-state index in [4.69, 9.17) is 4.74 Å². The van der Waals surface area contributed by atoms with Crippen LogP contribution in [0.4, 0.5) is 0 Å². The predicted molar refractivity (Wildman–Crippen MR) is 51.3 cm³/mol. The van der Waals surface area contributed by atoms with Crippen molar-refractivity contribution in [2.45, 2.75) is 39.2 Å². The normalized spacial score (nSPS) is 19.5. The van der Waals surface area contributed by atoms with E-state index in [1.807, 2.05) is 0 Å². The molecule has 1 aliphatic carbocycles. The zero-order chi connectivity index (χ0) is 8.81. The number of hydrogen-bond donors (Lipinski definition) is 1. The third-order valence-electron chi connectivity index (χ3n) is 2.16. The van der Waals surface area contributed by atoms with E-state index in [0.29, 0.717) is 6.04 Å². The average Bonchev–Trinajstić information content (AvgIpc) is 2.84. The summed E-state index contributed by atoms with van der Waals surface area (Å²) in [6.07, 6.45) is 3.97. The third-order valence-corrected chi connectivity index (χ3v) is 2.16. The zero-order valence-electron chi connectivity index (χ0n) is 8.31. The van der Waals surface area contributed by atoms with Crippen LogP contribution in [-0.2, 0) is 4.74 Å². The van der Waals surface area contributed by atoms with E-state index >= 15 is 0 Å². The summed E-state index contributed by atoms with van der Waals surface area (Å²) >= 11 is 0. The lowest BCUT2D eigenvalue weighted by atomic mass is 10.3. The fourth-order valence-corrected chi connectivity index (χ4v) is 1.15. The van der Waals surface area contributed by atoms with Gasteiger partial charge < -0.3 is 10.1 Å². The summed E-state index contributed by atoms with van der Waals surface area (Å²) in [5, 5.41) is 3.40. The second-order valence-electron chi connectivity index (χ2n) is 3.84. The van der Waals surface area contributed by atoms with Crippen LogP contribution in [0.25, 0.3) is 0 Å². The first-order chi connectivity index (χ1) is 5.83. The number of rotatable bonds is 7. The molecule has 1 atom stereocenters. The zero-order valence-corrected chi connectivity index (χ0v) is 8.31. The molecule has 1 fully saturated rings. The predicted octanol–water partition coefficient (Wildman–Crippen LogP) is 1.80. The molecule has 0 aromatic carbocycles. The molecule has 72 valence electrons. The molecule has 0 saturated heterocycles. The van der Waals surface area contributed by atoms with Crippen molar-refractivity contribution < 1.29 is 4.74 Å². The molecule has 0 spiro atoms. The molecule has 0 aromatic rings. The molecule has 0 aliphatic heterocycles. The van der Waals surface area contributed by atoms with Gasteiger partial charge in [-0.05, 0) is 38.6 Å². The fraction of sp³-hybridized carbons (Fsp3) is 1.00. The lowest BCUT2D eigenvalue weighted by molar-refractivity contribution is 0.107. The van der Waals surface area contributed by atoms with Crippen molar-refractivity contribution >= 4 is 0 Å². The molecule has 0 amide bonds. The minimum atomic E-state index is 0.517. The van der Waals surface area contributed by atoms with Gasteiger partial charge in [-0.15, -0.1) is 0 Å². The van der Waals surface area contributed by atoms with Gasteiger partial charge in [0.1, 0.15) is 0 Å². The van der Waals surface area contributed by atoms with Gasteiger partial charge in [0.2, 0.25) is 0 Å². The maximum absolute atomic E-state index is 5.55. The topological polar surface area (TPSA) is 21.3 Å². The molecule has 1 rings (SSSR count). The minimum absolute atomic E-state index is 0.517. The minimum Gasteiger partial charge on any atom is -0.380 e. The van der Waals surface area contributed by atoms with Crippen LogP contribution in [0.5, 0.6) is 0 Å². The maximum Gasteiger partial charge on any atom is 0.0617 e. The van der Waals surface area contributed by atoms with Gasteiger partial charge in [-0.3, -0.25) is 0 Å². The summed E-state index contributed by atoms with van der Waals surface area (Å²) < 4.78 is 5.55. The number of hydrogen-bond acceptors (Lipinski definition) is 2. The summed E-state index contributed by atoms with van der Waals surface area (Å²) in [5.41, 5.74) is 0. The third kappa shape index (κ3) is 4.73. The van der Waals surface area contributed by atoms with Gasteiger partial charge >= 0.3 is 0 Å². The second kappa shape index (κ2) is 5.55. The summed E-state index contributed by atoms with van der Waals surface area (Å²) in [7, 11) is 0. The van der Waals surface area contributed by atoms with Crippen LogP contribution in [0.15, 0.2) is 0 Å². The Hall–Kier alpha value is -0.0800. The van der Waals surface area contributed by atoms with Gasteiger partial charge in [-0.1, -0.05) is 6.92 Å². The van der Waals surface area contributed by atoms with E-state index in [0.717, 1.165) is 25.7 Å². The van der Waals surface area contributed by atoms with Crippen LogP contribution in [0.3, 0.4) is 0 Å². The van der Waals surface area contributed by atoms with Crippen molar-refractivity contribution in [3.63, 3.8) is 0 Å². The molecular formula is C10H21NO. The second-order valence-corrected chi connectivity index (χ2v) is 3.84. The lowest BCUT2D eigenvalue weighted by Crippen LogP contribution is -2.31. The molecule has 1 aliphatic rings. The van der Waals surface area contributed by atoms with Gasteiger partial charge in [0.05, 0.1) is 6.61 Å². The van der Waals surface area contributed by atoms with Crippen LogP contribution in [0.2, 0.25) is 0 Å². The van der Waals surface area contributed by atoms with Crippen LogP contribution in [0, 0.1) is 5.92 Å². The highest BCUT2D eigenvalue weighted by atomic mass is 16.5. The van der Waals surface area contributed by atoms with E-state index in [1.165, 1.54) is 19.3 Å². The Morgan fingerprint density at radius 3 is 2.83 bits per heavy atom. The SMILES string of the molecule is CCCNC(C)COCC1CC1. The fourth-order valence-electron chi connectivity index (χ4n) is 1.15. The average molecular weight is 171 g/mol. The highest BCUT2D eigenvalue weighted by Crippen LogP contribution is 2.28. The van der Waals surface area contributed by atoms with Gasteiger partial charge in [0.15, 0.2) is 0 Å². The Labute approximate surface area is 75.7 Å². The maximum atomic E-state index is 5.55. The van der Waals surface area contributed by atoms with Crippen molar-refractivity contribution in [2.75, 3.05) is 19.8 Å². The molecule has 2 nitrogen and oxygen atoms in total. The quantitative estimate of drug-likeness (QED) is 0.630. The van der Waals surface area contributed by atoms with Gasteiger partial charge in [-0.25, -0.2) is 0 Å². The molecule has 12 heavy (non-hydrogen) atoms. The molecule has 2 heteroatoms. The molecule has 1 N–H and O–H groups in total. The van der Waals surface area contributed by atoms with E-state index in [9.17, 15) is 0 Å². The Kier molecular flexibility index (Phi) is 4.62. The van der Waals surface area contributed by atoms with Crippen LogP contribution >= 0.6 is 0 Å². The Morgan fingerprint density at radius 1 is 1.50 bits per heavy atom. The number of ether oxygens (including phenoxy) is 1. The molecule has 0 radical (unpaired) electrons. The van der Waals surface area contributed by atoms with Crippen molar-refractivity contribution in [1.29, 1.82) is 0 Å². The molecule has 0 bridgehead atoms.